The zero-order valence-corrected chi connectivity index (χ0v) is 23.9. The van der Waals surface area contributed by atoms with Gasteiger partial charge in [-0.25, -0.2) is 0 Å². The Morgan fingerprint density at radius 3 is 2.31 bits per heavy atom. The first-order valence-electron chi connectivity index (χ1n) is 13.1. The van der Waals surface area contributed by atoms with Gasteiger partial charge in [-0.2, -0.15) is 0 Å². The maximum atomic E-state index is 14.5. The normalized spacial score (nSPS) is 32.0. The highest BCUT2D eigenvalue weighted by Gasteiger charge is 2.78. The molecule has 3 aliphatic rings. The van der Waals surface area contributed by atoms with Crippen molar-refractivity contribution in [3.05, 3.63) is 25.3 Å². The summed E-state index contributed by atoms with van der Waals surface area (Å²) >= 11 is 1.67. The highest BCUT2D eigenvalue weighted by molar-refractivity contribution is 8.02. The number of hydrogen-bond donors (Lipinski definition) is 1. The third-order valence-corrected chi connectivity index (χ3v) is 10.2. The third kappa shape index (κ3) is 4.53. The highest BCUT2D eigenvalue weighted by Crippen LogP contribution is 2.72. The average molecular weight is 520 g/mol. The van der Waals surface area contributed by atoms with Gasteiger partial charge in [0.1, 0.15) is 6.04 Å². The number of amides is 3. The van der Waals surface area contributed by atoms with E-state index in [1.807, 2.05) is 20.8 Å². The first kappa shape index (κ1) is 28.8. The molecule has 0 aromatic heterocycles. The Balaban J connectivity index is 2.18. The monoisotopic (exact) mass is 519 g/mol. The van der Waals surface area contributed by atoms with Crippen LogP contribution in [0, 0.1) is 17.8 Å². The molecule has 3 amide bonds. The van der Waals surface area contributed by atoms with Crippen LogP contribution in [0.5, 0.6) is 0 Å². The molecule has 2 bridgehead atoms. The van der Waals surface area contributed by atoms with Crippen LogP contribution in [-0.2, 0) is 14.4 Å². The van der Waals surface area contributed by atoms with Gasteiger partial charge < -0.3 is 19.8 Å². The molecule has 3 fully saturated rings. The molecular formula is C28H45N3O4S. The number of nitrogens with zero attached hydrogens (tertiary/aromatic N) is 3. The summed E-state index contributed by atoms with van der Waals surface area (Å²) in [5.41, 5.74) is -0.480. The lowest BCUT2D eigenvalue weighted by Crippen LogP contribution is -2.60. The lowest BCUT2D eigenvalue weighted by molar-refractivity contribution is -0.149. The van der Waals surface area contributed by atoms with Gasteiger partial charge in [0.05, 0.1) is 29.2 Å². The maximum Gasteiger partial charge on any atom is 0.247 e. The fourth-order valence-electron chi connectivity index (χ4n) is 6.72. The molecule has 7 nitrogen and oxygen atoms in total. The van der Waals surface area contributed by atoms with Crippen molar-refractivity contribution in [3.8, 4) is 0 Å². The number of hydrogen-bond acceptors (Lipinski definition) is 5. The lowest BCUT2D eigenvalue weighted by atomic mass is 9.66. The van der Waals surface area contributed by atoms with Crippen LogP contribution in [0.15, 0.2) is 25.3 Å². The Morgan fingerprint density at radius 2 is 1.81 bits per heavy atom. The van der Waals surface area contributed by atoms with Gasteiger partial charge in [0.15, 0.2) is 0 Å². The van der Waals surface area contributed by atoms with Crippen LogP contribution in [0.3, 0.4) is 0 Å². The Labute approximate surface area is 221 Å². The van der Waals surface area contributed by atoms with Gasteiger partial charge in [-0.05, 0) is 52.9 Å². The zero-order chi connectivity index (χ0) is 27.2. The SMILES string of the molecule is C=CCN(C)C(=O)[C@H]1[C@H]2C(=O)N([C@@H](CO)CC(C)C)C(C(=O)N(CC=C)C(C)(C)C)C23CC[C@]1(C)S3. The topological polar surface area (TPSA) is 81.2 Å². The van der Waals surface area contributed by atoms with Crippen molar-refractivity contribution < 1.29 is 19.5 Å². The summed E-state index contributed by atoms with van der Waals surface area (Å²) < 4.78 is -1.12. The predicted molar refractivity (Wildman–Crippen MR) is 145 cm³/mol. The van der Waals surface area contributed by atoms with Crippen LogP contribution in [0.1, 0.15) is 60.8 Å². The summed E-state index contributed by atoms with van der Waals surface area (Å²) in [6.45, 7) is 20.3. The molecule has 3 saturated heterocycles. The van der Waals surface area contributed by atoms with E-state index in [0.717, 1.165) is 6.42 Å². The average Bonchev–Trinajstić information content (AvgIpc) is 3.35. The first-order valence-corrected chi connectivity index (χ1v) is 13.9. The summed E-state index contributed by atoms with van der Waals surface area (Å²) in [4.78, 5) is 47.7. The van der Waals surface area contributed by atoms with E-state index >= 15 is 0 Å². The number of rotatable bonds is 10. The van der Waals surface area contributed by atoms with Crippen LogP contribution >= 0.6 is 11.8 Å². The van der Waals surface area contributed by atoms with E-state index in [1.54, 1.807) is 45.7 Å². The fourth-order valence-corrected chi connectivity index (χ4v) is 9.05. The number of likely N-dealkylation sites (N-methyl/N-ethyl adjacent to an activating group) is 1. The number of fused-ring (bicyclic) bond motifs is 1. The van der Waals surface area contributed by atoms with Gasteiger partial charge in [-0.3, -0.25) is 14.4 Å². The molecule has 3 rings (SSSR count). The van der Waals surface area contributed by atoms with Crippen LogP contribution in [0.2, 0.25) is 0 Å². The van der Waals surface area contributed by atoms with Crippen molar-refractivity contribution in [1.82, 2.24) is 14.7 Å². The number of likely N-dealkylation sites (tertiary alicyclic amines) is 1. The van der Waals surface area contributed by atoms with Gasteiger partial charge >= 0.3 is 0 Å². The predicted octanol–water partition coefficient (Wildman–Crippen LogP) is 3.33. The summed E-state index contributed by atoms with van der Waals surface area (Å²) in [5.74, 6) is -1.24. The first-order chi connectivity index (χ1) is 16.7. The minimum absolute atomic E-state index is 0.0685. The van der Waals surface area contributed by atoms with E-state index in [2.05, 4.69) is 33.9 Å². The Bertz CT molecular complexity index is 915. The molecule has 202 valence electrons. The molecule has 3 aliphatic heterocycles. The van der Waals surface area contributed by atoms with Gasteiger partial charge in [0.2, 0.25) is 17.7 Å². The van der Waals surface area contributed by atoms with Gasteiger partial charge in [0.25, 0.3) is 0 Å². The smallest absolute Gasteiger partial charge is 0.247 e. The molecule has 1 spiro atoms. The molecule has 2 unspecified atom stereocenters. The molecular weight excluding hydrogens is 474 g/mol. The van der Waals surface area contributed by atoms with Gasteiger partial charge in [-0.1, -0.05) is 26.0 Å². The third-order valence-electron chi connectivity index (χ3n) is 8.23. The second kappa shape index (κ2) is 10.2. The lowest BCUT2D eigenvalue weighted by Gasteiger charge is -2.43. The van der Waals surface area contributed by atoms with Crippen molar-refractivity contribution in [1.29, 1.82) is 0 Å². The van der Waals surface area contributed by atoms with Crippen LogP contribution in [0.25, 0.3) is 0 Å². The number of thioether (sulfide) groups is 1. The molecule has 3 heterocycles. The van der Waals surface area contributed by atoms with Crippen LogP contribution < -0.4 is 0 Å². The van der Waals surface area contributed by atoms with Gasteiger partial charge in [0, 0.05) is 30.4 Å². The maximum absolute atomic E-state index is 14.5. The Hall–Kier alpha value is -1.80. The Kier molecular flexibility index (Phi) is 8.12. The van der Waals surface area contributed by atoms with Crippen LogP contribution in [-0.4, -0.2) is 91.4 Å². The van der Waals surface area contributed by atoms with E-state index in [4.69, 9.17) is 0 Å². The molecule has 36 heavy (non-hydrogen) atoms. The number of aliphatic hydroxyl groups is 1. The summed E-state index contributed by atoms with van der Waals surface area (Å²) in [7, 11) is 1.75. The highest BCUT2D eigenvalue weighted by atomic mass is 32.2. The summed E-state index contributed by atoms with van der Waals surface area (Å²) in [6.07, 6.45) is 5.45. The standard InChI is InChI=1S/C28H45N3O4S/c1-10-14-29(9)23(33)20-21-24(34)31(19(17-32)16-18(3)4)22(28(21)13-12-27(20,8)36-28)25(35)30(15-11-2)26(5,6)7/h10-11,18-22,32H,1-2,12-17H2,3-9H3/t19-,20-,21+,22?,27+,28?/m1/s1. The number of carbonyl (C=O) groups excluding carboxylic acids is 3. The van der Waals surface area contributed by atoms with E-state index in [1.165, 1.54) is 0 Å². The molecule has 8 heteroatoms. The van der Waals surface area contributed by atoms with Crippen LogP contribution in [0.4, 0.5) is 0 Å². The molecule has 0 aromatic rings. The van der Waals surface area contributed by atoms with Crippen molar-refractivity contribution in [2.45, 2.75) is 87.9 Å². The van der Waals surface area contributed by atoms with Crippen molar-refractivity contribution in [2.24, 2.45) is 17.8 Å². The van der Waals surface area contributed by atoms with E-state index in [0.29, 0.717) is 25.9 Å². The number of carbonyl (C=O) groups is 3. The largest absolute Gasteiger partial charge is 0.394 e. The van der Waals surface area contributed by atoms with E-state index < -0.39 is 39.0 Å². The molecule has 0 aromatic carbocycles. The molecule has 0 aliphatic carbocycles. The summed E-state index contributed by atoms with van der Waals surface area (Å²) in [6, 6.07) is -1.22. The minimum atomic E-state index is -0.737. The second-order valence-corrected chi connectivity index (χ2v) is 14.3. The second-order valence-electron chi connectivity index (χ2n) is 12.4. The van der Waals surface area contributed by atoms with Crippen molar-refractivity contribution in [3.63, 3.8) is 0 Å². The zero-order valence-electron chi connectivity index (χ0n) is 23.1. The quantitative estimate of drug-likeness (QED) is 0.448. The van der Waals surface area contributed by atoms with E-state index in [-0.39, 0.29) is 30.2 Å². The molecule has 0 saturated carbocycles. The van der Waals surface area contributed by atoms with Crippen molar-refractivity contribution in [2.75, 3.05) is 26.7 Å². The molecule has 0 radical (unpaired) electrons. The van der Waals surface area contributed by atoms with Gasteiger partial charge in [-0.15, -0.1) is 24.9 Å². The number of aliphatic hydroxyl groups excluding tert-OH is 1. The van der Waals surface area contributed by atoms with Crippen molar-refractivity contribution >= 4 is 29.5 Å². The Morgan fingerprint density at radius 1 is 1.19 bits per heavy atom. The minimum Gasteiger partial charge on any atom is -0.394 e. The molecule has 1 N–H and O–H groups in total. The fraction of sp³-hybridized carbons (Fsp3) is 0.750. The van der Waals surface area contributed by atoms with E-state index in [9.17, 15) is 19.5 Å². The summed E-state index contributed by atoms with van der Waals surface area (Å²) in [5, 5.41) is 10.4. The molecule has 6 atom stereocenters.